The summed E-state index contributed by atoms with van der Waals surface area (Å²) in [5.74, 6) is 0. The van der Waals surface area contributed by atoms with Gasteiger partial charge in [0.25, 0.3) is 0 Å². The molecule has 1 rings (SSSR count). The van der Waals surface area contributed by atoms with Gasteiger partial charge in [-0.15, -0.1) is 0 Å². The third-order valence-electron chi connectivity index (χ3n) is 3.01. The molecule has 0 spiro atoms. The second-order valence-corrected chi connectivity index (χ2v) is 4.86. The Morgan fingerprint density at radius 3 is 2.47 bits per heavy atom. The monoisotopic (exact) mass is 215 g/mol. The van der Waals surface area contributed by atoms with Crippen molar-refractivity contribution in [1.82, 2.24) is 5.32 Å². The summed E-state index contributed by atoms with van der Waals surface area (Å²) in [4.78, 5) is 0. The first-order valence-electron chi connectivity index (χ1n) is 6.14. The molecule has 3 atom stereocenters. The van der Waals surface area contributed by atoms with E-state index in [0.29, 0.717) is 30.9 Å². The van der Waals surface area contributed by atoms with E-state index in [4.69, 9.17) is 9.84 Å². The first-order chi connectivity index (χ1) is 7.11. The molecule has 3 unspecified atom stereocenters. The molecule has 2 N–H and O–H groups in total. The van der Waals surface area contributed by atoms with Crippen molar-refractivity contribution in [3.63, 3.8) is 0 Å². The number of hydrogen-bond acceptors (Lipinski definition) is 3. The van der Waals surface area contributed by atoms with Gasteiger partial charge in [-0.3, -0.25) is 0 Å². The van der Waals surface area contributed by atoms with Crippen LogP contribution in [0, 0.1) is 0 Å². The summed E-state index contributed by atoms with van der Waals surface area (Å²) in [6.45, 7) is 6.78. The molecule has 0 bridgehead atoms. The molecule has 1 aliphatic rings. The molecule has 1 heterocycles. The van der Waals surface area contributed by atoms with Gasteiger partial charge in [0.05, 0.1) is 12.2 Å². The van der Waals surface area contributed by atoms with Crippen LogP contribution in [0.15, 0.2) is 0 Å². The third-order valence-corrected chi connectivity index (χ3v) is 3.01. The van der Waals surface area contributed by atoms with Crippen molar-refractivity contribution in [2.75, 3.05) is 6.61 Å². The molecule has 0 aromatic heterocycles. The minimum atomic E-state index is 0.298. The largest absolute Gasteiger partial charge is 0.396 e. The summed E-state index contributed by atoms with van der Waals surface area (Å²) in [5.41, 5.74) is 0. The predicted octanol–water partition coefficient (Wildman–Crippen LogP) is 1.69. The maximum absolute atomic E-state index is 8.76. The van der Waals surface area contributed by atoms with Crippen LogP contribution in [0.4, 0.5) is 0 Å². The highest BCUT2D eigenvalue weighted by Gasteiger charge is 2.24. The van der Waals surface area contributed by atoms with Crippen LogP contribution in [0.2, 0.25) is 0 Å². The molecule has 3 heteroatoms. The minimum absolute atomic E-state index is 0.298. The van der Waals surface area contributed by atoms with Gasteiger partial charge < -0.3 is 15.2 Å². The summed E-state index contributed by atoms with van der Waals surface area (Å²) < 4.78 is 5.70. The molecule has 1 fully saturated rings. The lowest BCUT2D eigenvalue weighted by molar-refractivity contribution is -0.0434. The summed E-state index contributed by atoms with van der Waals surface area (Å²) in [7, 11) is 0. The molecule has 0 aromatic rings. The van der Waals surface area contributed by atoms with Crippen molar-refractivity contribution < 1.29 is 9.84 Å². The van der Waals surface area contributed by atoms with E-state index in [-0.39, 0.29) is 0 Å². The molecule has 0 amide bonds. The highest BCUT2D eigenvalue weighted by molar-refractivity contribution is 4.80. The molecule has 1 aliphatic heterocycles. The number of aliphatic hydroxyl groups excluding tert-OH is 1. The quantitative estimate of drug-likeness (QED) is 0.733. The summed E-state index contributed by atoms with van der Waals surface area (Å²) in [6.07, 6.45) is 4.90. The van der Waals surface area contributed by atoms with Gasteiger partial charge in [0, 0.05) is 18.7 Å². The van der Waals surface area contributed by atoms with Crippen LogP contribution >= 0.6 is 0 Å². The molecule has 15 heavy (non-hydrogen) atoms. The third kappa shape index (κ3) is 4.96. The van der Waals surface area contributed by atoms with E-state index in [2.05, 4.69) is 26.1 Å². The van der Waals surface area contributed by atoms with Crippen LogP contribution in [0.5, 0.6) is 0 Å². The van der Waals surface area contributed by atoms with E-state index in [0.717, 1.165) is 25.7 Å². The lowest BCUT2D eigenvalue weighted by atomic mass is 9.98. The number of rotatable bonds is 5. The Balaban J connectivity index is 2.24. The Morgan fingerprint density at radius 2 is 1.93 bits per heavy atom. The van der Waals surface area contributed by atoms with Gasteiger partial charge in [-0.1, -0.05) is 0 Å². The number of ether oxygens (including phenoxy) is 1. The molecule has 0 radical (unpaired) electrons. The smallest absolute Gasteiger partial charge is 0.0565 e. The van der Waals surface area contributed by atoms with E-state index in [1.54, 1.807) is 0 Å². The Hall–Kier alpha value is -0.120. The zero-order valence-corrected chi connectivity index (χ0v) is 10.2. The average Bonchev–Trinajstić information content (AvgIpc) is 2.13. The molecule has 0 aliphatic carbocycles. The van der Waals surface area contributed by atoms with Crippen molar-refractivity contribution in [1.29, 1.82) is 0 Å². The molecule has 0 saturated carbocycles. The van der Waals surface area contributed by atoms with Gasteiger partial charge in [0.2, 0.25) is 0 Å². The van der Waals surface area contributed by atoms with Crippen molar-refractivity contribution in [3.8, 4) is 0 Å². The number of hydrogen-bond donors (Lipinski definition) is 2. The van der Waals surface area contributed by atoms with Gasteiger partial charge >= 0.3 is 0 Å². The second-order valence-electron chi connectivity index (χ2n) is 4.86. The Morgan fingerprint density at radius 1 is 1.33 bits per heavy atom. The average molecular weight is 215 g/mol. The van der Waals surface area contributed by atoms with Crippen LogP contribution in [0.3, 0.4) is 0 Å². The van der Waals surface area contributed by atoms with Gasteiger partial charge in [-0.25, -0.2) is 0 Å². The Kier molecular flexibility index (Phi) is 5.58. The standard InChI is InChI=1S/C12H25NO2/c1-9(5-4-6-14)13-12-7-10(2)15-11(3)8-12/h9-14H,4-8H2,1-3H3. The highest BCUT2D eigenvalue weighted by Crippen LogP contribution is 2.19. The van der Waals surface area contributed by atoms with Crippen LogP contribution in [0.1, 0.15) is 46.5 Å². The minimum Gasteiger partial charge on any atom is -0.396 e. The Bertz CT molecular complexity index is 165. The predicted molar refractivity (Wildman–Crippen MR) is 61.9 cm³/mol. The topological polar surface area (TPSA) is 41.5 Å². The summed E-state index contributed by atoms with van der Waals surface area (Å²) in [5, 5.41) is 12.4. The molecular weight excluding hydrogens is 190 g/mol. The zero-order valence-electron chi connectivity index (χ0n) is 10.2. The fourth-order valence-corrected chi connectivity index (χ4v) is 2.42. The first kappa shape index (κ1) is 12.9. The van der Waals surface area contributed by atoms with E-state index in [1.807, 2.05) is 0 Å². The Labute approximate surface area is 93.2 Å². The van der Waals surface area contributed by atoms with Gasteiger partial charge in [0.1, 0.15) is 0 Å². The van der Waals surface area contributed by atoms with Crippen LogP contribution < -0.4 is 5.32 Å². The number of aliphatic hydroxyl groups is 1. The normalized spacial score (nSPS) is 34.0. The summed E-state index contributed by atoms with van der Waals surface area (Å²) in [6, 6.07) is 1.08. The second kappa shape index (κ2) is 6.46. The van der Waals surface area contributed by atoms with E-state index in [9.17, 15) is 0 Å². The summed E-state index contributed by atoms with van der Waals surface area (Å²) >= 11 is 0. The van der Waals surface area contributed by atoms with E-state index >= 15 is 0 Å². The maximum Gasteiger partial charge on any atom is 0.0565 e. The van der Waals surface area contributed by atoms with Gasteiger partial charge in [0.15, 0.2) is 0 Å². The van der Waals surface area contributed by atoms with Crippen molar-refractivity contribution in [2.45, 2.75) is 70.7 Å². The molecule has 0 aromatic carbocycles. The van der Waals surface area contributed by atoms with Gasteiger partial charge in [-0.05, 0) is 46.5 Å². The number of nitrogens with one attached hydrogen (secondary N) is 1. The van der Waals surface area contributed by atoms with Crippen LogP contribution in [0.25, 0.3) is 0 Å². The fourth-order valence-electron chi connectivity index (χ4n) is 2.42. The van der Waals surface area contributed by atoms with Crippen molar-refractivity contribution in [2.24, 2.45) is 0 Å². The molecular formula is C12H25NO2. The molecule has 1 saturated heterocycles. The van der Waals surface area contributed by atoms with E-state index < -0.39 is 0 Å². The van der Waals surface area contributed by atoms with Crippen molar-refractivity contribution >= 4 is 0 Å². The van der Waals surface area contributed by atoms with E-state index in [1.165, 1.54) is 0 Å². The fraction of sp³-hybridized carbons (Fsp3) is 1.00. The maximum atomic E-state index is 8.76. The van der Waals surface area contributed by atoms with Gasteiger partial charge in [-0.2, -0.15) is 0 Å². The lowest BCUT2D eigenvalue weighted by Gasteiger charge is -2.34. The van der Waals surface area contributed by atoms with Crippen LogP contribution in [-0.2, 0) is 4.74 Å². The van der Waals surface area contributed by atoms with Crippen molar-refractivity contribution in [3.05, 3.63) is 0 Å². The molecule has 90 valence electrons. The lowest BCUT2D eigenvalue weighted by Crippen LogP contribution is -2.44. The molecule has 3 nitrogen and oxygen atoms in total. The highest BCUT2D eigenvalue weighted by atomic mass is 16.5. The first-order valence-corrected chi connectivity index (χ1v) is 6.14. The van der Waals surface area contributed by atoms with Crippen LogP contribution in [-0.4, -0.2) is 36.0 Å². The SMILES string of the molecule is CC(CCCO)NC1CC(C)OC(C)C1. The zero-order chi connectivity index (χ0) is 11.3.